The lowest BCUT2D eigenvalue weighted by Gasteiger charge is -2.15. The Morgan fingerprint density at radius 2 is 1.95 bits per heavy atom. The molecule has 1 heterocycles. The molecular formula is C12H23IN4O2S2. The molecule has 1 aromatic rings. The Morgan fingerprint density at radius 3 is 2.43 bits per heavy atom. The molecule has 6 nitrogen and oxygen atoms in total. The van der Waals surface area contributed by atoms with Crippen molar-refractivity contribution in [2.24, 2.45) is 4.99 Å². The zero-order valence-electron chi connectivity index (χ0n) is 12.5. The van der Waals surface area contributed by atoms with Gasteiger partial charge in [-0.25, -0.2) is 8.42 Å². The third-order valence-electron chi connectivity index (χ3n) is 2.53. The summed E-state index contributed by atoms with van der Waals surface area (Å²) in [5, 5.41) is 7.95. The summed E-state index contributed by atoms with van der Waals surface area (Å²) in [6.45, 7) is 6.28. The van der Waals surface area contributed by atoms with Crippen LogP contribution in [0, 0.1) is 0 Å². The Hall–Kier alpha value is -0.390. The first-order valence-corrected chi connectivity index (χ1v) is 8.86. The Balaban J connectivity index is 0.00000400. The van der Waals surface area contributed by atoms with E-state index in [1.807, 2.05) is 13.8 Å². The Morgan fingerprint density at radius 1 is 1.33 bits per heavy atom. The van der Waals surface area contributed by atoms with Crippen LogP contribution in [0.25, 0.3) is 0 Å². The number of hydrogen-bond acceptors (Lipinski definition) is 4. The number of nitrogens with one attached hydrogen (secondary N) is 2. The second-order valence-electron chi connectivity index (χ2n) is 4.05. The standard InChI is InChI=1S/C12H22N4O2S2.HI/c1-4-13-12(14-5-2)15-8-9-16(3)20(17,18)11-7-6-10-19-11;/h6-7,10H,4-5,8-9H2,1-3H3,(H2,13,14,15);1H. The van der Waals surface area contributed by atoms with Crippen molar-refractivity contribution in [3.63, 3.8) is 0 Å². The van der Waals surface area contributed by atoms with Crippen LogP contribution in [0.2, 0.25) is 0 Å². The van der Waals surface area contributed by atoms with Gasteiger partial charge >= 0.3 is 0 Å². The normalized spacial score (nSPS) is 10.9. The van der Waals surface area contributed by atoms with Gasteiger partial charge in [0.15, 0.2) is 5.96 Å². The molecule has 0 aliphatic rings. The molecule has 1 aromatic heterocycles. The molecule has 0 radical (unpaired) electrons. The Labute approximate surface area is 148 Å². The highest BCUT2D eigenvalue weighted by Gasteiger charge is 2.20. The summed E-state index contributed by atoms with van der Waals surface area (Å²) in [7, 11) is -1.80. The van der Waals surface area contributed by atoms with E-state index in [9.17, 15) is 8.42 Å². The smallest absolute Gasteiger partial charge is 0.252 e. The van der Waals surface area contributed by atoms with Gasteiger partial charge in [0, 0.05) is 26.7 Å². The molecule has 0 aliphatic carbocycles. The SMILES string of the molecule is CCNC(=NCCN(C)S(=O)(=O)c1cccs1)NCC.I. The van der Waals surface area contributed by atoms with Crippen LogP contribution in [0.15, 0.2) is 26.7 Å². The number of aliphatic imine (C=N–C) groups is 1. The minimum absolute atomic E-state index is 0. The third kappa shape index (κ3) is 6.49. The minimum atomic E-state index is -3.38. The zero-order chi connectivity index (χ0) is 15.0. The van der Waals surface area contributed by atoms with Gasteiger partial charge in [0.25, 0.3) is 10.0 Å². The van der Waals surface area contributed by atoms with Crippen LogP contribution in [-0.2, 0) is 10.0 Å². The van der Waals surface area contributed by atoms with E-state index in [1.54, 1.807) is 24.6 Å². The maximum absolute atomic E-state index is 12.2. The van der Waals surface area contributed by atoms with Crippen molar-refractivity contribution < 1.29 is 8.42 Å². The molecule has 0 unspecified atom stereocenters. The molecule has 0 amide bonds. The van der Waals surface area contributed by atoms with Gasteiger partial charge in [0.2, 0.25) is 0 Å². The van der Waals surface area contributed by atoms with Gasteiger partial charge in [-0.05, 0) is 25.3 Å². The lowest BCUT2D eigenvalue weighted by atomic mass is 10.6. The lowest BCUT2D eigenvalue weighted by molar-refractivity contribution is 0.478. The molecule has 0 spiro atoms. The predicted molar refractivity (Wildman–Crippen MR) is 99.2 cm³/mol. The van der Waals surface area contributed by atoms with Crippen LogP contribution in [0.4, 0.5) is 0 Å². The molecule has 0 atom stereocenters. The van der Waals surface area contributed by atoms with Crippen LogP contribution in [0.3, 0.4) is 0 Å². The van der Waals surface area contributed by atoms with E-state index >= 15 is 0 Å². The number of thiophene rings is 1. The first-order valence-electron chi connectivity index (χ1n) is 6.54. The molecule has 0 aliphatic heterocycles. The zero-order valence-corrected chi connectivity index (χ0v) is 16.5. The van der Waals surface area contributed by atoms with Crippen molar-refractivity contribution in [2.45, 2.75) is 18.1 Å². The summed E-state index contributed by atoms with van der Waals surface area (Å²) in [5.74, 6) is 0.705. The van der Waals surface area contributed by atoms with Crippen molar-refractivity contribution in [1.29, 1.82) is 0 Å². The van der Waals surface area contributed by atoms with Gasteiger partial charge in [-0.2, -0.15) is 4.31 Å². The first kappa shape index (κ1) is 20.6. The molecular weight excluding hydrogens is 423 g/mol. The third-order valence-corrected chi connectivity index (χ3v) is 5.76. The summed E-state index contributed by atoms with van der Waals surface area (Å²) in [6.07, 6.45) is 0. The van der Waals surface area contributed by atoms with Crippen LogP contribution >= 0.6 is 35.3 Å². The largest absolute Gasteiger partial charge is 0.357 e. The van der Waals surface area contributed by atoms with E-state index in [4.69, 9.17) is 0 Å². The van der Waals surface area contributed by atoms with Crippen molar-refractivity contribution in [1.82, 2.24) is 14.9 Å². The van der Waals surface area contributed by atoms with Gasteiger partial charge in [-0.3, -0.25) is 4.99 Å². The van der Waals surface area contributed by atoms with E-state index < -0.39 is 10.0 Å². The average Bonchev–Trinajstić information content (AvgIpc) is 2.93. The Bertz CT molecular complexity index is 509. The summed E-state index contributed by atoms with van der Waals surface area (Å²) in [6, 6.07) is 3.35. The second kappa shape index (κ2) is 10.4. The molecule has 9 heteroatoms. The number of halogens is 1. The number of sulfonamides is 1. The number of rotatable bonds is 7. The monoisotopic (exact) mass is 446 g/mol. The average molecular weight is 446 g/mol. The number of guanidine groups is 1. The molecule has 0 aromatic carbocycles. The number of likely N-dealkylation sites (N-methyl/N-ethyl adjacent to an activating group) is 1. The molecule has 0 saturated heterocycles. The molecule has 1 rings (SSSR count). The van der Waals surface area contributed by atoms with Crippen molar-refractivity contribution >= 4 is 51.3 Å². The quantitative estimate of drug-likeness (QED) is 0.379. The van der Waals surface area contributed by atoms with Crippen LogP contribution in [0.5, 0.6) is 0 Å². The Kier molecular flexibility index (Phi) is 10.2. The fraction of sp³-hybridized carbons (Fsp3) is 0.583. The molecule has 2 N–H and O–H groups in total. The van der Waals surface area contributed by atoms with Crippen molar-refractivity contribution in [3.05, 3.63) is 17.5 Å². The molecule has 122 valence electrons. The highest BCUT2D eigenvalue weighted by atomic mass is 127. The summed E-state index contributed by atoms with van der Waals surface area (Å²) < 4.78 is 26.0. The summed E-state index contributed by atoms with van der Waals surface area (Å²) in [5.41, 5.74) is 0. The lowest BCUT2D eigenvalue weighted by Crippen LogP contribution is -2.38. The molecule has 0 saturated carbocycles. The van der Waals surface area contributed by atoms with Crippen LogP contribution in [-0.4, -0.2) is 51.9 Å². The second-order valence-corrected chi connectivity index (χ2v) is 7.27. The van der Waals surface area contributed by atoms with E-state index in [1.165, 1.54) is 15.6 Å². The topological polar surface area (TPSA) is 73.8 Å². The van der Waals surface area contributed by atoms with E-state index in [-0.39, 0.29) is 24.0 Å². The maximum Gasteiger partial charge on any atom is 0.252 e. The summed E-state index contributed by atoms with van der Waals surface area (Å²) in [4.78, 5) is 4.33. The van der Waals surface area contributed by atoms with E-state index in [0.717, 1.165) is 13.1 Å². The summed E-state index contributed by atoms with van der Waals surface area (Å²) >= 11 is 1.22. The fourth-order valence-electron chi connectivity index (χ4n) is 1.50. The first-order chi connectivity index (χ1) is 9.52. The van der Waals surface area contributed by atoms with Crippen LogP contribution < -0.4 is 10.6 Å². The maximum atomic E-state index is 12.2. The van der Waals surface area contributed by atoms with Gasteiger partial charge in [0.1, 0.15) is 4.21 Å². The predicted octanol–water partition coefficient (Wildman–Crippen LogP) is 1.56. The van der Waals surface area contributed by atoms with Gasteiger partial charge in [0.05, 0.1) is 6.54 Å². The van der Waals surface area contributed by atoms with Crippen LogP contribution in [0.1, 0.15) is 13.8 Å². The highest BCUT2D eigenvalue weighted by molar-refractivity contribution is 14.0. The highest BCUT2D eigenvalue weighted by Crippen LogP contribution is 2.19. The number of nitrogens with zero attached hydrogens (tertiary/aromatic N) is 2. The van der Waals surface area contributed by atoms with E-state index in [2.05, 4.69) is 15.6 Å². The van der Waals surface area contributed by atoms with Gasteiger partial charge in [-0.1, -0.05) is 6.07 Å². The molecule has 0 fully saturated rings. The van der Waals surface area contributed by atoms with E-state index in [0.29, 0.717) is 23.3 Å². The molecule has 0 bridgehead atoms. The molecule has 21 heavy (non-hydrogen) atoms. The van der Waals surface area contributed by atoms with Crippen molar-refractivity contribution in [2.75, 3.05) is 33.2 Å². The van der Waals surface area contributed by atoms with Gasteiger partial charge in [-0.15, -0.1) is 35.3 Å². The number of hydrogen-bond donors (Lipinski definition) is 2. The minimum Gasteiger partial charge on any atom is -0.357 e. The van der Waals surface area contributed by atoms with Gasteiger partial charge < -0.3 is 10.6 Å². The fourth-order valence-corrected chi connectivity index (χ4v) is 3.86. The van der Waals surface area contributed by atoms with Crippen molar-refractivity contribution in [3.8, 4) is 0 Å².